The standard InChI is InChI=1S/C25H19NO5/c1-28-23-12-18(7-9-21(23)29-15-17-5-3-2-4-6-17)11-20(14-26)25(27)19-8-10-22-24(13-19)31-16-30-22/h2-13H,15-16H2,1H3/b20-11-. The second kappa shape index (κ2) is 9.06. The highest BCUT2D eigenvalue weighted by atomic mass is 16.7. The number of carbonyl (C=O) groups is 1. The third-order valence-corrected chi connectivity index (χ3v) is 4.74. The van der Waals surface area contributed by atoms with Gasteiger partial charge in [-0.25, -0.2) is 0 Å². The normalized spacial score (nSPS) is 12.2. The van der Waals surface area contributed by atoms with Crippen LogP contribution in [-0.2, 0) is 6.61 Å². The van der Waals surface area contributed by atoms with Crippen molar-refractivity contribution in [2.75, 3.05) is 13.9 Å². The summed E-state index contributed by atoms with van der Waals surface area (Å²) in [6.07, 6.45) is 1.52. The molecule has 0 aromatic heterocycles. The van der Waals surface area contributed by atoms with E-state index < -0.39 is 5.78 Å². The van der Waals surface area contributed by atoms with E-state index in [1.165, 1.54) is 6.08 Å². The van der Waals surface area contributed by atoms with Crippen molar-refractivity contribution in [2.45, 2.75) is 6.61 Å². The average molecular weight is 413 g/mol. The summed E-state index contributed by atoms with van der Waals surface area (Å²) in [6, 6.07) is 21.9. The average Bonchev–Trinajstić information content (AvgIpc) is 3.29. The molecule has 0 saturated heterocycles. The van der Waals surface area contributed by atoms with Crippen LogP contribution >= 0.6 is 0 Å². The Hall–Kier alpha value is -4.24. The summed E-state index contributed by atoms with van der Waals surface area (Å²) < 4.78 is 21.9. The number of methoxy groups -OCH3 is 1. The van der Waals surface area contributed by atoms with E-state index in [-0.39, 0.29) is 12.4 Å². The highest BCUT2D eigenvalue weighted by molar-refractivity contribution is 6.14. The van der Waals surface area contributed by atoms with Crippen LogP contribution in [0.4, 0.5) is 0 Å². The van der Waals surface area contributed by atoms with Gasteiger partial charge in [-0.2, -0.15) is 5.26 Å². The molecular weight excluding hydrogens is 394 g/mol. The number of carbonyl (C=O) groups excluding carboxylic acids is 1. The molecule has 0 atom stereocenters. The van der Waals surface area contributed by atoms with E-state index in [4.69, 9.17) is 18.9 Å². The van der Waals surface area contributed by atoms with Gasteiger partial charge in [-0.3, -0.25) is 4.79 Å². The first kappa shape index (κ1) is 20.0. The van der Waals surface area contributed by atoms with E-state index in [1.54, 1.807) is 43.5 Å². The monoisotopic (exact) mass is 413 g/mol. The molecule has 3 aromatic carbocycles. The van der Waals surface area contributed by atoms with E-state index >= 15 is 0 Å². The van der Waals surface area contributed by atoms with Crippen LogP contribution in [0.25, 0.3) is 6.08 Å². The van der Waals surface area contributed by atoms with Crippen LogP contribution in [0.15, 0.2) is 72.3 Å². The Bertz CT molecular complexity index is 1180. The number of fused-ring (bicyclic) bond motifs is 1. The second-order valence-corrected chi connectivity index (χ2v) is 6.75. The summed E-state index contributed by atoms with van der Waals surface area (Å²) in [5.74, 6) is 1.75. The third kappa shape index (κ3) is 4.51. The Morgan fingerprint density at radius 3 is 2.61 bits per heavy atom. The predicted octanol–water partition coefficient (Wildman–Crippen LogP) is 4.79. The summed E-state index contributed by atoms with van der Waals surface area (Å²) in [5.41, 5.74) is 2.04. The first-order valence-electron chi connectivity index (χ1n) is 9.59. The zero-order chi connectivity index (χ0) is 21.6. The van der Waals surface area contributed by atoms with Crippen LogP contribution < -0.4 is 18.9 Å². The number of nitriles is 1. The number of ketones is 1. The third-order valence-electron chi connectivity index (χ3n) is 4.74. The van der Waals surface area contributed by atoms with Gasteiger partial charge in [0.15, 0.2) is 23.0 Å². The SMILES string of the molecule is COc1cc(/C=C(/C#N)C(=O)c2ccc3c(c2)OCO3)ccc1OCc1ccccc1. The molecular formula is C25H19NO5. The Balaban J connectivity index is 1.54. The second-order valence-electron chi connectivity index (χ2n) is 6.75. The molecule has 0 saturated carbocycles. The summed E-state index contributed by atoms with van der Waals surface area (Å²) >= 11 is 0. The highest BCUT2D eigenvalue weighted by Crippen LogP contribution is 2.33. The maximum Gasteiger partial charge on any atom is 0.231 e. The van der Waals surface area contributed by atoms with E-state index in [0.29, 0.717) is 40.7 Å². The lowest BCUT2D eigenvalue weighted by Gasteiger charge is -2.11. The van der Waals surface area contributed by atoms with Gasteiger partial charge in [-0.05, 0) is 47.5 Å². The van der Waals surface area contributed by atoms with E-state index in [1.807, 2.05) is 36.4 Å². The van der Waals surface area contributed by atoms with E-state index in [9.17, 15) is 10.1 Å². The van der Waals surface area contributed by atoms with Gasteiger partial charge in [0, 0.05) is 5.56 Å². The van der Waals surface area contributed by atoms with Gasteiger partial charge in [0.1, 0.15) is 18.2 Å². The molecule has 1 aliphatic heterocycles. The smallest absolute Gasteiger partial charge is 0.231 e. The van der Waals surface area contributed by atoms with Crippen LogP contribution in [0, 0.1) is 11.3 Å². The van der Waals surface area contributed by atoms with Gasteiger partial charge >= 0.3 is 0 Å². The lowest BCUT2D eigenvalue weighted by molar-refractivity contribution is 0.103. The van der Waals surface area contributed by atoms with Crippen molar-refractivity contribution in [3.63, 3.8) is 0 Å². The number of rotatable bonds is 7. The topological polar surface area (TPSA) is 77.8 Å². The molecule has 4 rings (SSSR count). The Morgan fingerprint density at radius 1 is 1.03 bits per heavy atom. The van der Waals surface area contributed by atoms with E-state index in [0.717, 1.165) is 5.56 Å². The number of hydrogen-bond donors (Lipinski definition) is 0. The molecule has 154 valence electrons. The largest absolute Gasteiger partial charge is 0.493 e. The molecule has 6 heteroatoms. The molecule has 0 amide bonds. The summed E-state index contributed by atoms with van der Waals surface area (Å²) in [4.78, 5) is 12.8. The quantitative estimate of drug-likeness (QED) is 0.315. The molecule has 0 unspecified atom stereocenters. The van der Waals surface area contributed by atoms with Gasteiger partial charge < -0.3 is 18.9 Å². The van der Waals surface area contributed by atoms with Crippen LogP contribution in [0.1, 0.15) is 21.5 Å². The fourth-order valence-electron chi connectivity index (χ4n) is 3.14. The molecule has 0 spiro atoms. The highest BCUT2D eigenvalue weighted by Gasteiger charge is 2.19. The van der Waals surface area contributed by atoms with Gasteiger partial charge in [-0.1, -0.05) is 36.4 Å². The van der Waals surface area contributed by atoms with Crippen LogP contribution in [0.5, 0.6) is 23.0 Å². The minimum absolute atomic E-state index is 0.00104. The van der Waals surface area contributed by atoms with Gasteiger partial charge in [0.25, 0.3) is 0 Å². The lowest BCUT2D eigenvalue weighted by Crippen LogP contribution is -2.02. The minimum Gasteiger partial charge on any atom is -0.493 e. The molecule has 0 N–H and O–H groups in total. The molecule has 1 heterocycles. The number of hydrogen-bond acceptors (Lipinski definition) is 6. The van der Waals surface area contributed by atoms with Crippen molar-refractivity contribution in [2.24, 2.45) is 0 Å². The summed E-state index contributed by atoms with van der Waals surface area (Å²) in [5, 5.41) is 9.55. The molecule has 0 aliphatic carbocycles. The molecule has 6 nitrogen and oxygen atoms in total. The van der Waals surface area contributed by atoms with Crippen molar-refractivity contribution in [1.29, 1.82) is 5.26 Å². The number of allylic oxidation sites excluding steroid dienone is 1. The van der Waals surface area contributed by atoms with Crippen molar-refractivity contribution >= 4 is 11.9 Å². The van der Waals surface area contributed by atoms with Gasteiger partial charge in [0.2, 0.25) is 12.6 Å². The van der Waals surface area contributed by atoms with Gasteiger partial charge in [-0.15, -0.1) is 0 Å². The fourth-order valence-corrected chi connectivity index (χ4v) is 3.14. The molecule has 0 bridgehead atoms. The van der Waals surface area contributed by atoms with Crippen LogP contribution in [0.3, 0.4) is 0 Å². The molecule has 3 aromatic rings. The zero-order valence-electron chi connectivity index (χ0n) is 16.8. The van der Waals surface area contributed by atoms with Crippen molar-refractivity contribution < 1.29 is 23.7 Å². The first-order valence-corrected chi connectivity index (χ1v) is 9.59. The maximum atomic E-state index is 12.8. The molecule has 0 fully saturated rings. The number of Topliss-reactive ketones (excluding diaryl/α,β-unsaturated/α-hetero) is 1. The number of benzene rings is 3. The maximum absolute atomic E-state index is 12.8. The fraction of sp³-hybridized carbons (Fsp3) is 0.120. The summed E-state index contributed by atoms with van der Waals surface area (Å²) in [6.45, 7) is 0.519. The number of nitrogens with zero attached hydrogens (tertiary/aromatic N) is 1. The van der Waals surface area contributed by atoms with Crippen molar-refractivity contribution in [3.05, 3.63) is 89.0 Å². The minimum atomic E-state index is -0.399. The van der Waals surface area contributed by atoms with E-state index in [2.05, 4.69) is 0 Å². The lowest BCUT2D eigenvalue weighted by atomic mass is 10.0. The van der Waals surface area contributed by atoms with Crippen LogP contribution in [-0.4, -0.2) is 19.7 Å². The van der Waals surface area contributed by atoms with Crippen LogP contribution in [0.2, 0.25) is 0 Å². The molecule has 0 radical (unpaired) electrons. The first-order chi connectivity index (χ1) is 15.2. The van der Waals surface area contributed by atoms with Gasteiger partial charge in [0.05, 0.1) is 7.11 Å². The number of ether oxygens (including phenoxy) is 4. The van der Waals surface area contributed by atoms with Crippen molar-refractivity contribution in [3.8, 4) is 29.1 Å². The predicted molar refractivity (Wildman–Crippen MR) is 114 cm³/mol. The Morgan fingerprint density at radius 2 is 1.84 bits per heavy atom. The Kier molecular flexibility index (Phi) is 5.86. The Labute approximate surface area is 179 Å². The molecule has 31 heavy (non-hydrogen) atoms. The molecule has 1 aliphatic rings. The zero-order valence-corrected chi connectivity index (χ0v) is 16.8. The van der Waals surface area contributed by atoms with Crippen molar-refractivity contribution in [1.82, 2.24) is 0 Å². The summed E-state index contributed by atoms with van der Waals surface area (Å²) in [7, 11) is 1.54.